The number of aliphatic hydroxyl groups is 1. The van der Waals surface area contributed by atoms with E-state index in [0.717, 1.165) is 0 Å². The van der Waals surface area contributed by atoms with E-state index in [4.69, 9.17) is 10.2 Å². The lowest BCUT2D eigenvalue weighted by Crippen LogP contribution is -2.48. The van der Waals surface area contributed by atoms with Crippen LogP contribution < -0.4 is 10.6 Å². The fraction of sp³-hybridized carbons (Fsp3) is 0.800. The monoisotopic (exact) mass is 280 g/mol. The van der Waals surface area contributed by atoms with E-state index in [1.807, 2.05) is 0 Å². The number of hydrogen-bond donors (Lipinski definition) is 4. The van der Waals surface area contributed by atoms with Crippen molar-refractivity contribution in [2.75, 3.05) is 18.6 Å². The normalized spacial score (nSPS) is 15.5. The number of rotatable bonds is 8. The van der Waals surface area contributed by atoms with E-state index in [-0.39, 0.29) is 19.1 Å². The highest BCUT2D eigenvalue weighted by Gasteiger charge is 2.19. The number of carboxylic acid groups (broad SMARTS) is 1. The molecule has 18 heavy (non-hydrogen) atoms. The largest absolute Gasteiger partial charge is 0.480 e. The van der Waals surface area contributed by atoms with Crippen LogP contribution in [0.2, 0.25) is 0 Å². The Labute approximate surface area is 108 Å². The zero-order valence-corrected chi connectivity index (χ0v) is 11.3. The number of carbonyl (C=O) groups excluding carboxylic acids is 1. The first-order valence-corrected chi connectivity index (χ1v) is 7.30. The first kappa shape index (κ1) is 16.9. The van der Waals surface area contributed by atoms with E-state index >= 15 is 0 Å². The Morgan fingerprint density at radius 3 is 2.33 bits per heavy atom. The van der Waals surface area contributed by atoms with Gasteiger partial charge in [-0.05, 0) is 13.3 Å². The highest BCUT2D eigenvalue weighted by atomic mass is 32.2. The molecule has 2 amide bonds. The molecule has 0 spiro atoms. The molecule has 0 aromatic rings. The van der Waals surface area contributed by atoms with E-state index in [1.54, 1.807) is 13.2 Å². The number of urea groups is 1. The average Bonchev–Trinajstić information content (AvgIpc) is 2.25. The third kappa shape index (κ3) is 8.02. The molecule has 0 aliphatic carbocycles. The van der Waals surface area contributed by atoms with Crippen molar-refractivity contribution in [2.45, 2.75) is 31.8 Å². The van der Waals surface area contributed by atoms with Crippen LogP contribution in [0, 0.1) is 0 Å². The molecule has 0 aromatic heterocycles. The second-order valence-electron chi connectivity index (χ2n) is 3.99. The molecule has 4 N–H and O–H groups in total. The molecule has 0 rings (SSSR count). The quantitative estimate of drug-likeness (QED) is 0.468. The van der Waals surface area contributed by atoms with Crippen molar-refractivity contribution < 1.29 is 24.0 Å². The van der Waals surface area contributed by atoms with Crippen LogP contribution in [0.15, 0.2) is 0 Å². The molecule has 7 nitrogen and oxygen atoms in total. The van der Waals surface area contributed by atoms with Gasteiger partial charge in [0.1, 0.15) is 6.04 Å². The molecule has 0 saturated heterocycles. The summed E-state index contributed by atoms with van der Waals surface area (Å²) >= 11 is 0. The molecule has 106 valence electrons. The first-order valence-electron chi connectivity index (χ1n) is 5.57. The molecule has 0 aliphatic rings. The Balaban J connectivity index is 4.07. The maximum Gasteiger partial charge on any atom is 0.326 e. The fourth-order valence-electron chi connectivity index (χ4n) is 1.23. The number of carbonyl (C=O) groups is 2. The third-order valence-electron chi connectivity index (χ3n) is 2.24. The van der Waals surface area contributed by atoms with Crippen molar-refractivity contribution in [2.24, 2.45) is 0 Å². The molecular formula is C10H20N2O5S. The zero-order chi connectivity index (χ0) is 14.1. The van der Waals surface area contributed by atoms with E-state index in [0.29, 0.717) is 12.2 Å². The molecule has 0 fully saturated rings. The number of nitrogens with one attached hydrogen (secondary N) is 2. The van der Waals surface area contributed by atoms with Crippen LogP contribution in [-0.4, -0.2) is 57.1 Å². The van der Waals surface area contributed by atoms with Crippen molar-refractivity contribution in [3.05, 3.63) is 0 Å². The van der Waals surface area contributed by atoms with Crippen LogP contribution in [0.4, 0.5) is 4.79 Å². The lowest BCUT2D eigenvalue weighted by atomic mass is 10.2. The summed E-state index contributed by atoms with van der Waals surface area (Å²) in [6.45, 7) is 1.43. The Morgan fingerprint density at radius 1 is 1.28 bits per heavy atom. The summed E-state index contributed by atoms with van der Waals surface area (Å²) in [5.41, 5.74) is 0. The summed E-state index contributed by atoms with van der Waals surface area (Å²) in [7, 11) is -0.921. The highest BCUT2D eigenvalue weighted by molar-refractivity contribution is 7.84. The van der Waals surface area contributed by atoms with E-state index in [9.17, 15) is 13.8 Å². The van der Waals surface area contributed by atoms with Crippen molar-refractivity contribution in [3.63, 3.8) is 0 Å². The van der Waals surface area contributed by atoms with Gasteiger partial charge >= 0.3 is 12.0 Å². The number of aliphatic carboxylic acids is 1. The van der Waals surface area contributed by atoms with Crippen molar-refractivity contribution in [3.8, 4) is 0 Å². The van der Waals surface area contributed by atoms with Crippen LogP contribution in [-0.2, 0) is 15.6 Å². The number of amides is 2. The minimum Gasteiger partial charge on any atom is -0.480 e. The highest BCUT2D eigenvalue weighted by Crippen LogP contribution is 1.95. The molecule has 0 bridgehead atoms. The summed E-state index contributed by atoms with van der Waals surface area (Å²) in [5.74, 6) is -0.720. The molecule has 0 aromatic carbocycles. The van der Waals surface area contributed by atoms with Gasteiger partial charge in [-0.15, -0.1) is 0 Å². The second-order valence-corrected chi connectivity index (χ2v) is 5.54. The average molecular weight is 280 g/mol. The van der Waals surface area contributed by atoms with Gasteiger partial charge in [-0.1, -0.05) is 0 Å². The van der Waals surface area contributed by atoms with Crippen molar-refractivity contribution in [1.82, 2.24) is 10.6 Å². The van der Waals surface area contributed by atoms with Gasteiger partial charge < -0.3 is 20.8 Å². The second kappa shape index (κ2) is 8.87. The predicted molar refractivity (Wildman–Crippen MR) is 67.8 cm³/mol. The lowest BCUT2D eigenvalue weighted by molar-refractivity contribution is -0.139. The maximum absolute atomic E-state index is 11.4. The van der Waals surface area contributed by atoms with Crippen LogP contribution >= 0.6 is 0 Å². The SMILES string of the molecule is CC(CCS(C)=O)NC(=O)N[C@H](CCO)C(=O)O. The van der Waals surface area contributed by atoms with E-state index in [2.05, 4.69) is 10.6 Å². The topological polar surface area (TPSA) is 116 Å². The Kier molecular flexibility index (Phi) is 8.30. The standard InChI is InChI=1S/C10H20N2O5S/c1-7(4-6-18(2)17)11-10(16)12-8(3-5-13)9(14)15/h7-8,13H,3-6H2,1-2H3,(H,14,15)(H2,11,12,16)/t7?,8-,18?/m1/s1. The third-order valence-corrected chi connectivity index (χ3v) is 3.05. The zero-order valence-electron chi connectivity index (χ0n) is 10.5. The van der Waals surface area contributed by atoms with Gasteiger partial charge in [-0.3, -0.25) is 4.21 Å². The molecular weight excluding hydrogens is 260 g/mol. The van der Waals surface area contributed by atoms with Crippen LogP contribution in [0.25, 0.3) is 0 Å². The Morgan fingerprint density at radius 2 is 1.89 bits per heavy atom. The van der Waals surface area contributed by atoms with Gasteiger partial charge in [0, 0.05) is 41.9 Å². The Bertz CT molecular complexity index is 311. The van der Waals surface area contributed by atoms with Crippen molar-refractivity contribution in [1.29, 1.82) is 0 Å². The molecule has 8 heteroatoms. The fourth-order valence-corrected chi connectivity index (χ4v) is 1.91. The minimum atomic E-state index is -1.19. The van der Waals surface area contributed by atoms with Gasteiger partial charge in [0.15, 0.2) is 0 Å². The molecule has 0 radical (unpaired) electrons. The van der Waals surface area contributed by atoms with Gasteiger partial charge in [0.05, 0.1) is 0 Å². The summed E-state index contributed by atoms with van der Waals surface area (Å²) < 4.78 is 10.9. The molecule has 0 heterocycles. The molecule has 0 aliphatic heterocycles. The number of aliphatic hydroxyl groups excluding tert-OH is 1. The number of carboxylic acids is 1. The van der Waals surface area contributed by atoms with Crippen molar-refractivity contribution >= 4 is 22.8 Å². The molecule has 3 atom stereocenters. The van der Waals surface area contributed by atoms with Gasteiger partial charge in [0.25, 0.3) is 0 Å². The van der Waals surface area contributed by atoms with Gasteiger partial charge in [-0.2, -0.15) is 0 Å². The summed E-state index contributed by atoms with van der Waals surface area (Å²) in [6, 6.07) is -1.91. The minimum absolute atomic E-state index is 0.0455. The number of hydrogen-bond acceptors (Lipinski definition) is 4. The van der Waals surface area contributed by atoms with E-state index in [1.165, 1.54) is 0 Å². The van der Waals surface area contributed by atoms with Crippen LogP contribution in [0.3, 0.4) is 0 Å². The van der Waals surface area contributed by atoms with Gasteiger partial charge in [-0.25, -0.2) is 9.59 Å². The lowest BCUT2D eigenvalue weighted by Gasteiger charge is -2.17. The summed E-state index contributed by atoms with van der Waals surface area (Å²) in [4.78, 5) is 22.2. The molecule has 0 saturated carbocycles. The summed E-state index contributed by atoms with van der Waals surface area (Å²) in [6.07, 6.45) is 2.08. The van der Waals surface area contributed by atoms with Gasteiger partial charge in [0.2, 0.25) is 0 Å². The predicted octanol–water partition coefficient (Wildman–Crippen LogP) is -0.722. The summed E-state index contributed by atoms with van der Waals surface area (Å²) in [5, 5.41) is 22.2. The first-order chi connectivity index (χ1) is 8.36. The van der Waals surface area contributed by atoms with E-state index < -0.39 is 28.8 Å². The Hall–Kier alpha value is -1.15. The van der Waals surface area contributed by atoms with Crippen LogP contribution in [0.1, 0.15) is 19.8 Å². The molecule has 2 unspecified atom stereocenters. The smallest absolute Gasteiger partial charge is 0.326 e. The maximum atomic E-state index is 11.4. The van der Waals surface area contributed by atoms with Crippen LogP contribution in [0.5, 0.6) is 0 Å².